The van der Waals surface area contributed by atoms with Gasteiger partial charge in [-0.1, -0.05) is 11.6 Å². The van der Waals surface area contributed by atoms with Crippen LogP contribution in [0.4, 0.5) is 5.69 Å². The first kappa shape index (κ1) is 15.2. The molecule has 1 aliphatic rings. The molecule has 0 amide bonds. The molecule has 0 heterocycles. The lowest BCUT2D eigenvalue weighted by Gasteiger charge is -2.06. The second kappa shape index (κ2) is 7.57. The van der Waals surface area contributed by atoms with E-state index in [4.69, 9.17) is 16.3 Å². The molecule has 1 aromatic carbocycles. The number of halogens is 1. The Bertz CT molecular complexity index is 464. The number of nitrogens with one attached hydrogen (secondary N) is 1. The monoisotopic (exact) mass is 298 g/mol. The molecule has 0 unspecified atom stereocenters. The maximum absolute atomic E-state index is 10.9. The van der Waals surface area contributed by atoms with Gasteiger partial charge in [0.05, 0.1) is 4.92 Å². The van der Waals surface area contributed by atoms with Crippen LogP contribution in [0, 0.1) is 16.0 Å². The molecule has 1 aromatic rings. The smallest absolute Gasteiger partial charge is 0.275 e. The summed E-state index contributed by atoms with van der Waals surface area (Å²) < 4.78 is 5.52. The molecule has 6 heteroatoms. The van der Waals surface area contributed by atoms with E-state index >= 15 is 0 Å². The van der Waals surface area contributed by atoms with Crippen LogP contribution in [0.1, 0.15) is 24.8 Å². The molecule has 0 spiro atoms. The molecular weight excluding hydrogens is 280 g/mol. The van der Waals surface area contributed by atoms with Crippen molar-refractivity contribution in [3.63, 3.8) is 0 Å². The molecule has 0 radical (unpaired) electrons. The van der Waals surface area contributed by atoms with Gasteiger partial charge in [-0.05, 0) is 43.9 Å². The van der Waals surface area contributed by atoms with Gasteiger partial charge >= 0.3 is 0 Å². The fraction of sp³-hybridized carbons (Fsp3) is 0.571. The number of nitrogens with zero attached hydrogens (tertiary/aromatic N) is 1. The minimum absolute atomic E-state index is 0.0648. The lowest BCUT2D eigenvalue weighted by Crippen LogP contribution is -2.17. The van der Waals surface area contributed by atoms with Gasteiger partial charge < -0.3 is 10.1 Å². The molecule has 0 aromatic heterocycles. The van der Waals surface area contributed by atoms with Crippen molar-refractivity contribution in [2.45, 2.75) is 25.8 Å². The van der Waals surface area contributed by atoms with Crippen LogP contribution in [0.5, 0.6) is 0 Å². The number of benzene rings is 1. The molecule has 0 saturated heterocycles. The average molecular weight is 299 g/mol. The summed E-state index contributed by atoms with van der Waals surface area (Å²) in [6.07, 6.45) is 3.52. The summed E-state index contributed by atoms with van der Waals surface area (Å²) in [7, 11) is 0. The zero-order valence-corrected chi connectivity index (χ0v) is 12.1. The number of nitro benzene ring substituents is 1. The highest BCUT2D eigenvalue weighted by Gasteiger charge is 2.20. The highest BCUT2D eigenvalue weighted by Crippen LogP contribution is 2.28. The fourth-order valence-corrected chi connectivity index (χ4v) is 2.08. The molecule has 1 saturated carbocycles. The molecule has 1 N–H and O–H groups in total. The molecule has 20 heavy (non-hydrogen) atoms. The minimum Gasteiger partial charge on any atom is -0.381 e. The highest BCUT2D eigenvalue weighted by molar-refractivity contribution is 6.30. The van der Waals surface area contributed by atoms with Gasteiger partial charge in [0.25, 0.3) is 5.69 Å². The van der Waals surface area contributed by atoms with E-state index in [9.17, 15) is 10.1 Å². The Labute approximate surface area is 123 Å². The van der Waals surface area contributed by atoms with Crippen molar-refractivity contribution in [2.75, 3.05) is 19.8 Å². The summed E-state index contributed by atoms with van der Waals surface area (Å²) in [6.45, 7) is 2.87. The van der Waals surface area contributed by atoms with Gasteiger partial charge in [-0.15, -0.1) is 0 Å². The van der Waals surface area contributed by atoms with Gasteiger partial charge in [-0.3, -0.25) is 10.1 Å². The standard InChI is InChI=1S/C14H19ClN2O3/c15-13-5-4-12(14(8-13)17(18)19)9-16-6-1-7-20-10-11-2-3-11/h4-5,8,11,16H,1-3,6-7,9-10H2. The second-order valence-corrected chi connectivity index (χ2v) is 5.52. The predicted octanol–water partition coefficient (Wildman–Crippen LogP) is 3.15. The molecule has 0 aliphatic heterocycles. The van der Waals surface area contributed by atoms with Crippen molar-refractivity contribution in [1.82, 2.24) is 5.32 Å². The summed E-state index contributed by atoms with van der Waals surface area (Å²) in [6, 6.07) is 4.75. The second-order valence-electron chi connectivity index (χ2n) is 5.08. The van der Waals surface area contributed by atoms with E-state index in [0.717, 1.165) is 32.1 Å². The van der Waals surface area contributed by atoms with Crippen molar-refractivity contribution < 1.29 is 9.66 Å². The molecule has 1 aliphatic carbocycles. The summed E-state index contributed by atoms with van der Waals surface area (Å²) in [5.74, 6) is 0.791. The quantitative estimate of drug-likeness (QED) is 0.432. The van der Waals surface area contributed by atoms with Crippen LogP contribution >= 0.6 is 11.6 Å². The Kier molecular flexibility index (Phi) is 5.76. The topological polar surface area (TPSA) is 64.4 Å². The Morgan fingerprint density at radius 3 is 2.95 bits per heavy atom. The van der Waals surface area contributed by atoms with E-state index in [0.29, 0.717) is 17.1 Å². The Balaban J connectivity index is 1.66. The maximum atomic E-state index is 10.9. The third kappa shape index (κ3) is 5.07. The molecular formula is C14H19ClN2O3. The first-order valence-corrected chi connectivity index (χ1v) is 7.26. The Morgan fingerprint density at radius 2 is 2.25 bits per heavy atom. The lowest BCUT2D eigenvalue weighted by molar-refractivity contribution is -0.385. The summed E-state index contributed by atoms with van der Waals surface area (Å²) in [4.78, 5) is 10.5. The van der Waals surface area contributed by atoms with Crippen molar-refractivity contribution in [2.24, 2.45) is 5.92 Å². The Hall–Kier alpha value is -1.17. The van der Waals surface area contributed by atoms with E-state index < -0.39 is 4.92 Å². The van der Waals surface area contributed by atoms with Crippen molar-refractivity contribution in [3.05, 3.63) is 38.9 Å². The van der Waals surface area contributed by atoms with Crippen LogP contribution in [0.3, 0.4) is 0 Å². The van der Waals surface area contributed by atoms with Crippen LogP contribution in [-0.2, 0) is 11.3 Å². The Morgan fingerprint density at radius 1 is 1.45 bits per heavy atom. The number of ether oxygens (including phenoxy) is 1. The van der Waals surface area contributed by atoms with Crippen LogP contribution < -0.4 is 5.32 Å². The SMILES string of the molecule is O=[N+]([O-])c1cc(Cl)ccc1CNCCCOCC1CC1. The third-order valence-corrected chi connectivity index (χ3v) is 3.49. The van der Waals surface area contributed by atoms with Crippen molar-refractivity contribution in [1.29, 1.82) is 0 Å². The van der Waals surface area contributed by atoms with Gasteiger partial charge in [0, 0.05) is 36.4 Å². The lowest BCUT2D eigenvalue weighted by atomic mass is 10.2. The van der Waals surface area contributed by atoms with Gasteiger partial charge in [-0.25, -0.2) is 0 Å². The van der Waals surface area contributed by atoms with Crippen molar-refractivity contribution in [3.8, 4) is 0 Å². The number of rotatable bonds is 9. The normalized spacial score (nSPS) is 14.4. The highest BCUT2D eigenvalue weighted by atomic mass is 35.5. The van der Waals surface area contributed by atoms with Gasteiger partial charge in [0.15, 0.2) is 0 Å². The van der Waals surface area contributed by atoms with E-state index in [1.54, 1.807) is 12.1 Å². The summed E-state index contributed by atoms with van der Waals surface area (Å²) >= 11 is 5.77. The average Bonchev–Trinajstić information content (AvgIpc) is 3.23. The van der Waals surface area contributed by atoms with E-state index in [2.05, 4.69) is 5.32 Å². The van der Waals surface area contributed by atoms with Crippen LogP contribution in [0.25, 0.3) is 0 Å². The fourth-order valence-electron chi connectivity index (χ4n) is 1.91. The molecule has 0 atom stereocenters. The summed E-state index contributed by atoms with van der Waals surface area (Å²) in [5, 5.41) is 14.5. The molecule has 5 nitrogen and oxygen atoms in total. The molecule has 110 valence electrons. The first-order chi connectivity index (χ1) is 9.66. The predicted molar refractivity (Wildman–Crippen MR) is 78.0 cm³/mol. The van der Waals surface area contributed by atoms with E-state index in [-0.39, 0.29) is 5.69 Å². The van der Waals surface area contributed by atoms with Crippen LogP contribution in [-0.4, -0.2) is 24.7 Å². The summed E-state index contributed by atoms with van der Waals surface area (Å²) in [5.41, 5.74) is 0.716. The largest absolute Gasteiger partial charge is 0.381 e. The molecule has 2 rings (SSSR count). The van der Waals surface area contributed by atoms with Crippen molar-refractivity contribution >= 4 is 17.3 Å². The van der Waals surface area contributed by atoms with Crippen LogP contribution in [0.2, 0.25) is 5.02 Å². The molecule has 1 fully saturated rings. The van der Waals surface area contributed by atoms with E-state index in [1.807, 2.05) is 0 Å². The third-order valence-electron chi connectivity index (χ3n) is 3.25. The first-order valence-electron chi connectivity index (χ1n) is 6.88. The zero-order chi connectivity index (χ0) is 14.4. The van der Waals surface area contributed by atoms with E-state index in [1.165, 1.54) is 18.9 Å². The number of hydrogen-bond acceptors (Lipinski definition) is 4. The van der Waals surface area contributed by atoms with Gasteiger partial charge in [0.1, 0.15) is 0 Å². The van der Waals surface area contributed by atoms with Crippen LogP contribution in [0.15, 0.2) is 18.2 Å². The van der Waals surface area contributed by atoms with Gasteiger partial charge in [0.2, 0.25) is 0 Å². The van der Waals surface area contributed by atoms with Gasteiger partial charge in [-0.2, -0.15) is 0 Å². The number of hydrogen-bond donors (Lipinski definition) is 1. The zero-order valence-electron chi connectivity index (χ0n) is 11.3. The molecule has 0 bridgehead atoms. The maximum Gasteiger partial charge on any atom is 0.275 e. The minimum atomic E-state index is -0.401. The number of nitro groups is 1.